The summed E-state index contributed by atoms with van der Waals surface area (Å²) in [6, 6.07) is 7.46. The summed E-state index contributed by atoms with van der Waals surface area (Å²) in [6.45, 7) is 2.68. The number of fused-ring (bicyclic) bond motifs is 1. The fourth-order valence-electron chi connectivity index (χ4n) is 3.52. The molecule has 0 spiro atoms. The highest BCUT2D eigenvalue weighted by atomic mass is 16.5. The molecule has 1 aliphatic rings. The Morgan fingerprint density at radius 2 is 2.19 bits per heavy atom. The molecule has 1 saturated heterocycles. The molecule has 26 heavy (non-hydrogen) atoms. The normalized spacial score (nSPS) is 17.1. The highest BCUT2D eigenvalue weighted by Crippen LogP contribution is 2.29. The lowest BCUT2D eigenvalue weighted by Gasteiger charge is -2.17. The molecule has 0 N–H and O–H groups in total. The topological polar surface area (TPSA) is 73.1 Å². The van der Waals surface area contributed by atoms with E-state index in [2.05, 4.69) is 14.5 Å². The highest BCUT2D eigenvalue weighted by Gasteiger charge is 2.31. The first kappa shape index (κ1) is 16.7. The predicted octanol–water partition coefficient (Wildman–Crippen LogP) is 2.10. The Morgan fingerprint density at radius 1 is 1.31 bits per heavy atom. The zero-order chi connectivity index (χ0) is 17.9. The molecular weight excluding hydrogens is 330 g/mol. The molecule has 134 valence electrons. The molecule has 3 aromatic rings. The van der Waals surface area contributed by atoms with Gasteiger partial charge in [-0.3, -0.25) is 9.78 Å². The summed E-state index contributed by atoms with van der Waals surface area (Å²) >= 11 is 0. The molecule has 0 bridgehead atoms. The zero-order valence-electron chi connectivity index (χ0n) is 14.7. The molecule has 0 aliphatic carbocycles. The van der Waals surface area contributed by atoms with E-state index < -0.39 is 0 Å². The number of aromatic nitrogens is 4. The smallest absolute Gasteiger partial charge is 0.255 e. The van der Waals surface area contributed by atoms with Gasteiger partial charge >= 0.3 is 0 Å². The van der Waals surface area contributed by atoms with Gasteiger partial charge in [0, 0.05) is 51.3 Å². The number of carbonyl (C=O) groups excluding carboxylic acids is 1. The van der Waals surface area contributed by atoms with Gasteiger partial charge in [0.05, 0.1) is 12.2 Å². The third kappa shape index (κ3) is 3.06. The molecule has 1 amide bonds. The van der Waals surface area contributed by atoms with E-state index in [0.717, 1.165) is 30.0 Å². The monoisotopic (exact) mass is 351 g/mol. The predicted molar refractivity (Wildman–Crippen MR) is 96.9 cm³/mol. The van der Waals surface area contributed by atoms with E-state index in [4.69, 9.17) is 9.72 Å². The molecule has 0 unspecified atom stereocenters. The van der Waals surface area contributed by atoms with Crippen molar-refractivity contribution in [3.8, 4) is 0 Å². The number of ether oxygens (including phenoxy) is 1. The fraction of sp³-hybridized carbons (Fsp3) is 0.368. The van der Waals surface area contributed by atoms with E-state index in [0.29, 0.717) is 25.3 Å². The van der Waals surface area contributed by atoms with Crippen molar-refractivity contribution in [3.05, 3.63) is 54.2 Å². The molecule has 0 saturated carbocycles. The number of hydrogen-bond donors (Lipinski definition) is 0. The van der Waals surface area contributed by atoms with Gasteiger partial charge in [-0.1, -0.05) is 0 Å². The van der Waals surface area contributed by atoms with Crippen LogP contribution in [-0.2, 0) is 11.3 Å². The molecule has 3 aromatic heterocycles. The van der Waals surface area contributed by atoms with Crippen LogP contribution in [0.4, 0.5) is 0 Å². The number of imidazole rings is 1. The minimum absolute atomic E-state index is 0.0262. The van der Waals surface area contributed by atoms with Gasteiger partial charge in [-0.2, -0.15) is 0 Å². The maximum absolute atomic E-state index is 12.7. The van der Waals surface area contributed by atoms with Crippen molar-refractivity contribution >= 4 is 17.1 Å². The molecular formula is C19H21N5O2. The minimum Gasteiger partial charge on any atom is -0.383 e. The third-order valence-corrected chi connectivity index (χ3v) is 4.80. The Balaban J connectivity index is 1.59. The van der Waals surface area contributed by atoms with E-state index >= 15 is 0 Å². The van der Waals surface area contributed by atoms with Crippen LogP contribution in [-0.4, -0.2) is 57.1 Å². The lowest BCUT2D eigenvalue weighted by molar-refractivity contribution is 0.0790. The standard InChI is InChI=1S/C19H21N5O2/c1-26-11-10-24-17(22-16-5-3-8-21-18(16)24)15-6-9-23(13-15)19(25)14-4-2-7-20-12-14/h2-5,7-8,12,15H,6,9-11,13H2,1H3/t15-/m0/s1. The molecule has 1 atom stereocenters. The van der Waals surface area contributed by atoms with Crippen molar-refractivity contribution < 1.29 is 9.53 Å². The van der Waals surface area contributed by atoms with Crippen molar-refractivity contribution in [1.29, 1.82) is 0 Å². The summed E-state index contributed by atoms with van der Waals surface area (Å²) in [4.78, 5) is 27.9. The van der Waals surface area contributed by atoms with Crippen molar-refractivity contribution in [2.75, 3.05) is 26.8 Å². The van der Waals surface area contributed by atoms with Gasteiger partial charge in [0.15, 0.2) is 5.65 Å². The summed E-state index contributed by atoms with van der Waals surface area (Å²) in [5, 5.41) is 0. The summed E-state index contributed by atoms with van der Waals surface area (Å²) in [6.07, 6.45) is 5.97. The molecule has 1 aliphatic heterocycles. The molecule has 7 heteroatoms. The van der Waals surface area contributed by atoms with E-state index in [9.17, 15) is 4.79 Å². The van der Waals surface area contributed by atoms with Crippen molar-refractivity contribution in [3.63, 3.8) is 0 Å². The van der Waals surface area contributed by atoms with Crippen molar-refractivity contribution in [2.45, 2.75) is 18.9 Å². The Kier molecular flexibility index (Phi) is 4.62. The molecule has 4 heterocycles. The quantitative estimate of drug-likeness (QED) is 0.704. The number of rotatable bonds is 5. The van der Waals surface area contributed by atoms with Crippen molar-refractivity contribution in [2.24, 2.45) is 0 Å². The molecule has 4 rings (SSSR count). The largest absolute Gasteiger partial charge is 0.383 e. The molecule has 1 fully saturated rings. The van der Waals surface area contributed by atoms with Crippen LogP contribution < -0.4 is 0 Å². The fourth-order valence-corrected chi connectivity index (χ4v) is 3.52. The van der Waals surface area contributed by atoms with Crippen LogP contribution in [0.1, 0.15) is 28.5 Å². The Bertz CT molecular complexity index is 909. The van der Waals surface area contributed by atoms with E-state index in [1.165, 1.54) is 0 Å². The van der Waals surface area contributed by atoms with Crippen LogP contribution in [0.3, 0.4) is 0 Å². The molecule has 0 radical (unpaired) electrons. The minimum atomic E-state index is 0.0262. The van der Waals surface area contributed by atoms with E-state index in [1.807, 2.05) is 17.0 Å². The highest BCUT2D eigenvalue weighted by molar-refractivity contribution is 5.94. The number of hydrogen-bond acceptors (Lipinski definition) is 5. The number of amides is 1. The first-order valence-corrected chi connectivity index (χ1v) is 8.77. The van der Waals surface area contributed by atoms with E-state index in [-0.39, 0.29) is 11.8 Å². The Morgan fingerprint density at radius 3 is 3.00 bits per heavy atom. The summed E-state index contributed by atoms with van der Waals surface area (Å²) in [5.41, 5.74) is 2.38. The number of methoxy groups -OCH3 is 1. The van der Waals surface area contributed by atoms with Crippen molar-refractivity contribution in [1.82, 2.24) is 24.4 Å². The number of pyridine rings is 2. The van der Waals surface area contributed by atoms with Crippen LogP contribution in [0.25, 0.3) is 11.2 Å². The summed E-state index contributed by atoms with van der Waals surface area (Å²) in [5.74, 6) is 1.21. The summed E-state index contributed by atoms with van der Waals surface area (Å²) < 4.78 is 7.38. The van der Waals surface area contributed by atoms with Gasteiger partial charge in [-0.15, -0.1) is 0 Å². The van der Waals surface area contributed by atoms with Crippen LogP contribution in [0.15, 0.2) is 42.9 Å². The van der Waals surface area contributed by atoms with Crippen LogP contribution in [0.5, 0.6) is 0 Å². The first-order chi connectivity index (χ1) is 12.8. The Hall–Kier alpha value is -2.80. The Labute approximate surface area is 151 Å². The number of likely N-dealkylation sites (tertiary alicyclic amines) is 1. The van der Waals surface area contributed by atoms with Gasteiger partial charge in [0.2, 0.25) is 0 Å². The lowest BCUT2D eigenvalue weighted by Crippen LogP contribution is -2.28. The van der Waals surface area contributed by atoms with Gasteiger partial charge in [0.25, 0.3) is 5.91 Å². The maximum Gasteiger partial charge on any atom is 0.255 e. The first-order valence-electron chi connectivity index (χ1n) is 8.77. The second-order valence-corrected chi connectivity index (χ2v) is 6.44. The van der Waals surface area contributed by atoms with Gasteiger partial charge < -0.3 is 14.2 Å². The molecule has 7 nitrogen and oxygen atoms in total. The number of carbonyl (C=O) groups is 1. The van der Waals surface area contributed by atoms with Gasteiger partial charge in [-0.25, -0.2) is 9.97 Å². The maximum atomic E-state index is 12.7. The number of nitrogens with zero attached hydrogens (tertiary/aromatic N) is 5. The zero-order valence-corrected chi connectivity index (χ0v) is 14.7. The summed E-state index contributed by atoms with van der Waals surface area (Å²) in [7, 11) is 1.69. The van der Waals surface area contributed by atoms with Crippen LogP contribution >= 0.6 is 0 Å². The van der Waals surface area contributed by atoms with E-state index in [1.54, 1.807) is 37.8 Å². The lowest BCUT2D eigenvalue weighted by atomic mass is 10.1. The average Bonchev–Trinajstić information content (AvgIpc) is 3.31. The van der Waals surface area contributed by atoms with Gasteiger partial charge in [0.1, 0.15) is 11.3 Å². The van der Waals surface area contributed by atoms with Gasteiger partial charge in [-0.05, 0) is 30.7 Å². The molecule has 0 aromatic carbocycles. The second kappa shape index (κ2) is 7.21. The SMILES string of the molecule is COCCn1c([C@H]2CCN(C(=O)c3cccnc3)C2)nc2cccnc21. The van der Waals surface area contributed by atoms with Crippen LogP contribution in [0, 0.1) is 0 Å². The third-order valence-electron chi connectivity index (χ3n) is 4.80. The average molecular weight is 351 g/mol. The van der Waals surface area contributed by atoms with Crippen LogP contribution in [0.2, 0.25) is 0 Å². The second-order valence-electron chi connectivity index (χ2n) is 6.44.